The molecule has 0 radical (unpaired) electrons. The van der Waals surface area contributed by atoms with Gasteiger partial charge in [-0.25, -0.2) is 0 Å². The van der Waals surface area contributed by atoms with Gasteiger partial charge in [0.05, 0.1) is 6.61 Å². The third-order valence-corrected chi connectivity index (χ3v) is 3.28. The molecule has 0 aliphatic rings. The fourth-order valence-corrected chi connectivity index (χ4v) is 1.99. The van der Waals surface area contributed by atoms with Crippen molar-refractivity contribution in [1.82, 2.24) is 5.32 Å². The first kappa shape index (κ1) is 17.0. The Morgan fingerprint density at radius 1 is 1.00 bits per heavy atom. The molecule has 0 saturated heterocycles. The summed E-state index contributed by atoms with van der Waals surface area (Å²) in [4.78, 5) is 0. The van der Waals surface area contributed by atoms with Crippen molar-refractivity contribution in [3.63, 3.8) is 0 Å². The number of hydrogen-bond donors (Lipinski definition) is 2. The van der Waals surface area contributed by atoms with E-state index in [1.807, 2.05) is 12.1 Å². The Morgan fingerprint density at radius 2 is 1.75 bits per heavy atom. The van der Waals surface area contributed by atoms with Gasteiger partial charge in [0.15, 0.2) is 0 Å². The number of nitrogens with one attached hydrogen (secondary N) is 1. The van der Waals surface area contributed by atoms with Gasteiger partial charge < -0.3 is 15.2 Å². The minimum atomic E-state index is 0.320. The van der Waals surface area contributed by atoms with Crippen LogP contribution in [0.5, 0.6) is 5.75 Å². The number of aliphatic hydroxyl groups is 1. The first-order valence-electron chi connectivity index (χ1n) is 7.90. The number of unbranched alkanes of at least 4 members (excludes halogenated alkanes) is 4. The van der Waals surface area contributed by atoms with Gasteiger partial charge in [0.25, 0.3) is 0 Å². The summed E-state index contributed by atoms with van der Waals surface area (Å²) in [6.45, 7) is 5.25. The second-order valence-electron chi connectivity index (χ2n) is 5.16. The summed E-state index contributed by atoms with van der Waals surface area (Å²) in [7, 11) is 0. The van der Waals surface area contributed by atoms with Gasteiger partial charge in [-0.3, -0.25) is 0 Å². The Morgan fingerprint density at radius 3 is 2.45 bits per heavy atom. The van der Waals surface area contributed by atoms with E-state index in [1.165, 1.54) is 24.8 Å². The molecule has 1 aromatic rings. The maximum atomic E-state index is 8.68. The van der Waals surface area contributed by atoms with Crippen LogP contribution in [0, 0.1) is 0 Å². The highest BCUT2D eigenvalue weighted by Crippen LogP contribution is 2.12. The van der Waals surface area contributed by atoms with E-state index in [-0.39, 0.29) is 0 Å². The zero-order chi connectivity index (χ0) is 14.5. The fraction of sp³-hybridized carbons (Fsp3) is 0.647. The Balaban J connectivity index is 2.08. The second-order valence-corrected chi connectivity index (χ2v) is 5.16. The van der Waals surface area contributed by atoms with Crippen LogP contribution in [0.1, 0.15) is 51.0 Å². The highest BCUT2D eigenvalue weighted by atomic mass is 16.5. The molecule has 0 aliphatic carbocycles. The molecule has 0 bridgehead atoms. The predicted molar refractivity (Wildman–Crippen MR) is 84.1 cm³/mol. The van der Waals surface area contributed by atoms with E-state index in [1.54, 1.807) is 0 Å². The van der Waals surface area contributed by atoms with Crippen LogP contribution in [-0.2, 0) is 6.54 Å². The zero-order valence-corrected chi connectivity index (χ0v) is 12.7. The molecule has 2 N–H and O–H groups in total. The molecule has 1 rings (SSSR count). The van der Waals surface area contributed by atoms with Gasteiger partial charge >= 0.3 is 0 Å². The summed E-state index contributed by atoms with van der Waals surface area (Å²) < 4.78 is 5.64. The minimum Gasteiger partial charge on any atom is -0.494 e. The molecule has 0 amide bonds. The summed E-state index contributed by atoms with van der Waals surface area (Å²) in [6.07, 6.45) is 6.71. The lowest BCUT2D eigenvalue weighted by Crippen LogP contribution is -2.14. The lowest BCUT2D eigenvalue weighted by atomic mass is 10.2. The molecule has 0 atom stereocenters. The van der Waals surface area contributed by atoms with Crippen molar-refractivity contribution in [2.75, 3.05) is 19.8 Å². The molecular weight excluding hydrogens is 250 g/mol. The average Bonchev–Trinajstić information content (AvgIpc) is 2.48. The molecule has 0 saturated carbocycles. The summed E-state index contributed by atoms with van der Waals surface area (Å²) in [5, 5.41) is 12.1. The lowest BCUT2D eigenvalue weighted by Gasteiger charge is -2.07. The first-order valence-corrected chi connectivity index (χ1v) is 7.90. The molecule has 3 heteroatoms. The van der Waals surface area contributed by atoms with Crippen molar-refractivity contribution in [3.05, 3.63) is 29.8 Å². The highest BCUT2D eigenvalue weighted by molar-refractivity contribution is 5.27. The minimum absolute atomic E-state index is 0.320. The molecule has 20 heavy (non-hydrogen) atoms. The van der Waals surface area contributed by atoms with Gasteiger partial charge in [0, 0.05) is 13.2 Å². The summed E-state index contributed by atoms with van der Waals surface area (Å²) in [5.74, 6) is 0.964. The van der Waals surface area contributed by atoms with Crippen LogP contribution in [0.2, 0.25) is 0 Å². The molecule has 0 aromatic heterocycles. The number of benzene rings is 1. The third kappa shape index (κ3) is 8.18. The van der Waals surface area contributed by atoms with Crippen LogP contribution >= 0.6 is 0 Å². The second kappa shape index (κ2) is 11.7. The first-order chi connectivity index (χ1) is 9.86. The molecule has 0 aliphatic heterocycles. The van der Waals surface area contributed by atoms with E-state index in [2.05, 4.69) is 24.4 Å². The van der Waals surface area contributed by atoms with E-state index in [0.717, 1.165) is 44.7 Å². The summed E-state index contributed by atoms with van der Waals surface area (Å²) in [6, 6.07) is 8.35. The molecule has 0 unspecified atom stereocenters. The Labute approximate surface area is 123 Å². The number of rotatable bonds is 12. The van der Waals surface area contributed by atoms with Gasteiger partial charge in [0.1, 0.15) is 5.75 Å². The zero-order valence-electron chi connectivity index (χ0n) is 12.7. The quantitative estimate of drug-likeness (QED) is 0.575. The third-order valence-electron chi connectivity index (χ3n) is 3.28. The van der Waals surface area contributed by atoms with Crippen LogP contribution in [-0.4, -0.2) is 24.9 Å². The van der Waals surface area contributed by atoms with E-state index < -0.39 is 0 Å². The van der Waals surface area contributed by atoms with Crippen LogP contribution in [0.3, 0.4) is 0 Å². The van der Waals surface area contributed by atoms with Crippen molar-refractivity contribution in [1.29, 1.82) is 0 Å². The average molecular weight is 279 g/mol. The van der Waals surface area contributed by atoms with Crippen LogP contribution in [0.25, 0.3) is 0 Å². The van der Waals surface area contributed by atoms with Crippen molar-refractivity contribution in [2.24, 2.45) is 0 Å². The van der Waals surface area contributed by atoms with E-state index in [4.69, 9.17) is 9.84 Å². The largest absolute Gasteiger partial charge is 0.494 e. The normalized spacial score (nSPS) is 10.7. The molecule has 0 fully saturated rings. The van der Waals surface area contributed by atoms with E-state index >= 15 is 0 Å². The monoisotopic (exact) mass is 279 g/mol. The molecule has 0 spiro atoms. The lowest BCUT2D eigenvalue weighted by molar-refractivity contribution is 0.282. The molecule has 1 aromatic carbocycles. The summed E-state index contributed by atoms with van der Waals surface area (Å²) in [5.41, 5.74) is 1.29. The maximum Gasteiger partial charge on any atom is 0.119 e. The number of ether oxygens (including phenoxy) is 1. The van der Waals surface area contributed by atoms with Gasteiger partial charge in [-0.15, -0.1) is 0 Å². The molecule has 3 nitrogen and oxygen atoms in total. The molecule has 114 valence electrons. The Bertz CT molecular complexity index is 324. The van der Waals surface area contributed by atoms with Crippen molar-refractivity contribution in [3.8, 4) is 5.75 Å². The van der Waals surface area contributed by atoms with Gasteiger partial charge in [-0.1, -0.05) is 38.3 Å². The fourth-order valence-electron chi connectivity index (χ4n) is 1.99. The smallest absolute Gasteiger partial charge is 0.119 e. The van der Waals surface area contributed by atoms with Crippen molar-refractivity contribution < 1.29 is 9.84 Å². The predicted octanol–water partition coefficient (Wildman–Crippen LogP) is 3.51. The van der Waals surface area contributed by atoms with Crippen LogP contribution in [0.15, 0.2) is 24.3 Å². The van der Waals surface area contributed by atoms with Crippen molar-refractivity contribution >= 4 is 0 Å². The van der Waals surface area contributed by atoms with Gasteiger partial charge in [-0.2, -0.15) is 0 Å². The number of hydrogen-bond acceptors (Lipinski definition) is 3. The van der Waals surface area contributed by atoms with Crippen molar-refractivity contribution in [2.45, 2.75) is 52.0 Å². The maximum absolute atomic E-state index is 8.68. The standard InChI is InChI=1S/C17H29NO2/c1-2-3-14-20-17-10-8-16(9-11-17)15-18-12-6-4-5-7-13-19/h8-11,18-19H,2-7,12-15H2,1H3. The SMILES string of the molecule is CCCCOc1ccc(CNCCCCCCO)cc1. The van der Waals surface area contributed by atoms with Gasteiger partial charge in [-0.05, 0) is 43.5 Å². The topological polar surface area (TPSA) is 41.5 Å². The van der Waals surface area contributed by atoms with Gasteiger partial charge in [0.2, 0.25) is 0 Å². The Hall–Kier alpha value is -1.06. The van der Waals surface area contributed by atoms with E-state index in [9.17, 15) is 0 Å². The Kier molecular flexibility index (Phi) is 9.98. The van der Waals surface area contributed by atoms with E-state index in [0.29, 0.717) is 6.61 Å². The van der Waals surface area contributed by atoms with Crippen LogP contribution in [0.4, 0.5) is 0 Å². The van der Waals surface area contributed by atoms with Crippen LogP contribution < -0.4 is 10.1 Å². The molecular formula is C17H29NO2. The highest BCUT2D eigenvalue weighted by Gasteiger charge is 1.96. The summed E-state index contributed by atoms with van der Waals surface area (Å²) >= 11 is 0. The molecule has 0 heterocycles. The number of aliphatic hydroxyl groups excluding tert-OH is 1.